The van der Waals surface area contributed by atoms with Crippen LogP contribution in [0.5, 0.6) is 0 Å². The Morgan fingerprint density at radius 2 is 2.00 bits per heavy atom. The molecule has 21 heavy (non-hydrogen) atoms. The van der Waals surface area contributed by atoms with Crippen molar-refractivity contribution in [3.05, 3.63) is 26.9 Å². The number of halogens is 3. The molecule has 9 heteroatoms. The number of aliphatic hydroxyl groups is 3. The fraction of sp³-hybridized carbons (Fsp3) is 0.417. The normalized spacial score (nSPS) is 29.4. The summed E-state index contributed by atoms with van der Waals surface area (Å²) in [4.78, 5) is 4.17. The maximum Gasteiger partial charge on any atom is 0.206 e. The lowest BCUT2D eigenvalue weighted by Gasteiger charge is -2.18. The molecule has 0 amide bonds. The molecule has 3 rings (SSSR count). The molecule has 4 atom stereocenters. The first kappa shape index (κ1) is 15.5. The number of ether oxygens (including phenoxy) is 1. The Kier molecular flexibility index (Phi) is 4.17. The van der Waals surface area contributed by atoms with Crippen LogP contribution in [0, 0.1) is 0 Å². The van der Waals surface area contributed by atoms with E-state index in [9.17, 15) is 10.2 Å². The molecule has 0 bridgehead atoms. The number of fused-ring (bicyclic) bond motifs is 1. The van der Waals surface area contributed by atoms with Crippen molar-refractivity contribution in [1.29, 1.82) is 0 Å². The van der Waals surface area contributed by atoms with E-state index in [1.165, 1.54) is 4.57 Å². The molecule has 1 aliphatic rings. The lowest BCUT2D eigenvalue weighted by atomic mass is 10.1. The van der Waals surface area contributed by atoms with Crippen LogP contribution in [0.25, 0.3) is 11.0 Å². The SMILES string of the molecule is OC[C@H]1O[C@@H](n2c(Cl)nc3cc(Br)c(Cl)cc32)[C@H](O)[C@@H]1O. The number of rotatable bonds is 2. The Hall–Kier alpha value is -0.410. The van der Waals surface area contributed by atoms with Crippen LogP contribution < -0.4 is 0 Å². The number of hydrogen-bond acceptors (Lipinski definition) is 5. The highest BCUT2D eigenvalue weighted by Gasteiger charge is 2.44. The van der Waals surface area contributed by atoms with Gasteiger partial charge in [-0.1, -0.05) is 11.6 Å². The van der Waals surface area contributed by atoms with Crippen LogP contribution >= 0.6 is 39.1 Å². The predicted octanol–water partition coefficient (Wildman–Crippen LogP) is 1.72. The minimum absolute atomic E-state index is 0.0917. The molecule has 2 aromatic rings. The van der Waals surface area contributed by atoms with E-state index in [-0.39, 0.29) is 5.28 Å². The number of aliphatic hydroxyl groups excluding tert-OH is 3. The topological polar surface area (TPSA) is 87.7 Å². The van der Waals surface area contributed by atoms with Crippen molar-refractivity contribution in [3.63, 3.8) is 0 Å². The van der Waals surface area contributed by atoms with Crippen LogP contribution in [0.1, 0.15) is 6.23 Å². The van der Waals surface area contributed by atoms with Gasteiger partial charge in [-0.25, -0.2) is 4.98 Å². The Morgan fingerprint density at radius 1 is 1.29 bits per heavy atom. The first-order valence-electron chi connectivity index (χ1n) is 6.09. The molecular formula is C12H11BrCl2N2O4. The maximum absolute atomic E-state index is 10.1. The second kappa shape index (κ2) is 5.66. The third-order valence-electron chi connectivity index (χ3n) is 3.46. The summed E-state index contributed by atoms with van der Waals surface area (Å²) in [5.41, 5.74) is 1.12. The Labute approximate surface area is 138 Å². The molecule has 0 saturated carbocycles. The molecule has 1 aliphatic heterocycles. The molecular weight excluding hydrogens is 387 g/mol. The van der Waals surface area contributed by atoms with Crippen LogP contribution in [-0.4, -0.2) is 49.8 Å². The first-order valence-corrected chi connectivity index (χ1v) is 7.64. The first-order chi connectivity index (χ1) is 9.93. The van der Waals surface area contributed by atoms with Gasteiger partial charge >= 0.3 is 0 Å². The van der Waals surface area contributed by atoms with Gasteiger partial charge in [0.1, 0.15) is 18.3 Å². The zero-order chi connectivity index (χ0) is 15.3. The summed E-state index contributed by atoms with van der Waals surface area (Å²) in [5.74, 6) is 0. The second-order valence-electron chi connectivity index (χ2n) is 4.73. The van der Waals surface area contributed by atoms with Crippen LogP contribution in [0.15, 0.2) is 16.6 Å². The largest absolute Gasteiger partial charge is 0.394 e. The van der Waals surface area contributed by atoms with Gasteiger partial charge in [-0.15, -0.1) is 0 Å². The van der Waals surface area contributed by atoms with Gasteiger partial charge in [-0.3, -0.25) is 4.57 Å². The molecule has 114 valence electrons. The standard InChI is InChI=1S/C12H11BrCl2N2O4/c13-4-1-6-7(2-5(4)14)17(12(15)16-6)11-10(20)9(19)8(3-18)21-11/h1-2,8-11,18-20H,3H2/t8-,9-,10-,11-/m1/s1. The average Bonchev–Trinajstić information content (AvgIpc) is 2.89. The zero-order valence-corrected chi connectivity index (χ0v) is 13.5. The lowest BCUT2D eigenvalue weighted by molar-refractivity contribution is -0.0507. The maximum atomic E-state index is 10.1. The highest BCUT2D eigenvalue weighted by atomic mass is 79.9. The molecule has 1 fully saturated rings. The van der Waals surface area contributed by atoms with Gasteiger partial charge < -0.3 is 20.1 Å². The molecule has 1 aromatic heterocycles. The van der Waals surface area contributed by atoms with Gasteiger partial charge in [0, 0.05) is 4.47 Å². The Bertz CT molecular complexity index is 695. The van der Waals surface area contributed by atoms with E-state index in [2.05, 4.69) is 20.9 Å². The van der Waals surface area contributed by atoms with E-state index in [0.717, 1.165) is 0 Å². The molecule has 6 nitrogen and oxygen atoms in total. The van der Waals surface area contributed by atoms with Gasteiger partial charge in [-0.05, 0) is 39.7 Å². The summed E-state index contributed by atoms with van der Waals surface area (Å²) in [6.45, 7) is -0.411. The van der Waals surface area contributed by atoms with Crippen LogP contribution in [-0.2, 0) is 4.74 Å². The molecule has 3 N–H and O–H groups in total. The summed E-state index contributed by atoms with van der Waals surface area (Å²) in [5, 5.41) is 29.6. The van der Waals surface area contributed by atoms with Gasteiger partial charge in [0.05, 0.1) is 22.7 Å². The lowest BCUT2D eigenvalue weighted by Crippen LogP contribution is -2.33. The summed E-state index contributed by atoms with van der Waals surface area (Å²) in [6.07, 6.45) is -4.28. The van der Waals surface area contributed by atoms with E-state index in [1.54, 1.807) is 12.1 Å². The molecule has 2 heterocycles. The van der Waals surface area contributed by atoms with Gasteiger partial charge in [0.25, 0.3) is 0 Å². The van der Waals surface area contributed by atoms with E-state index >= 15 is 0 Å². The van der Waals surface area contributed by atoms with Gasteiger partial charge in [0.15, 0.2) is 6.23 Å². The van der Waals surface area contributed by atoms with E-state index < -0.39 is 31.1 Å². The average molecular weight is 398 g/mol. The molecule has 1 saturated heterocycles. The minimum Gasteiger partial charge on any atom is -0.394 e. The second-order valence-corrected chi connectivity index (χ2v) is 6.33. The Balaban J connectivity index is 2.12. The van der Waals surface area contributed by atoms with Crippen molar-refractivity contribution in [2.75, 3.05) is 6.61 Å². The number of nitrogens with zero attached hydrogens (tertiary/aromatic N) is 2. The highest BCUT2D eigenvalue weighted by Crippen LogP contribution is 2.37. The van der Waals surface area contributed by atoms with Crippen LogP contribution in [0.3, 0.4) is 0 Å². The van der Waals surface area contributed by atoms with Crippen molar-refractivity contribution < 1.29 is 20.1 Å². The molecule has 0 aliphatic carbocycles. The van der Waals surface area contributed by atoms with Crippen LogP contribution in [0.4, 0.5) is 0 Å². The number of imidazole rings is 1. The molecule has 0 unspecified atom stereocenters. The monoisotopic (exact) mass is 396 g/mol. The molecule has 0 radical (unpaired) electrons. The summed E-state index contributed by atoms with van der Waals surface area (Å²) < 4.78 is 7.58. The number of benzene rings is 1. The Morgan fingerprint density at radius 3 is 2.62 bits per heavy atom. The fourth-order valence-electron chi connectivity index (χ4n) is 2.40. The van der Waals surface area contributed by atoms with Gasteiger partial charge in [-0.2, -0.15) is 0 Å². The summed E-state index contributed by atoms with van der Waals surface area (Å²) in [7, 11) is 0. The van der Waals surface area contributed by atoms with Crippen molar-refractivity contribution in [2.24, 2.45) is 0 Å². The van der Waals surface area contributed by atoms with Gasteiger partial charge in [0.2, 0.25) is 5.28 Å². The third-order valence-corrected chi connectivity index (χ3v) is 4.92. The van der Waals surface area contributed by atoms with Crippen molar-refractivity contribution in [1.82, 2.24) is 9.55 Å². The number of aromatic nitrogens is 2. The summed E-state index contributed by atoms with van der Waals surface area (Å²) in [6, 6.07) is 3.33. The van der Waals surface area contributed by atoms with E-state index in [1.807, 2.05) is 0 Å². The highest BCUT2D eigenvalue weighted by molar-refractivity contribution is 9.10. The minimum atomic E-state index is -1.24. The van der Waals surface area contributed by atoms with E-state index in [0.29, 0.717) is 20.5 Å². The van der Waals surface area contributed by atoms with Crippen molar-refractivity contribution in [3.8, 4) is 0 Å². The van der Waals surface area contributed by atoms with Crippen molar-refractivity contribution >= 4 is 50.2 Å². The number of hydrogen-bond donors (Lipinski definition) is 3. The van der Waals surface area contributed by atoms with E-state index in [4.69, 9.17) is 33.0 Å². The summed E-state index contributed by atoms with van der Waals surface area (Å²) >= 11 is 15.5. The predicted molar refractivity (Wildman–Crippen MR) is 80.5 cm³/mol. The smallest absolute Gasteiger partial charge is 0.206 e. The molecule has 0 spiro atoms. The zero-order valence-electron chi connectivity index (χ0n) is 10.4. The quantitative estimate of drug-likeness (QED) is 0.718. The fourth-order valence-corrected chi connectivity index (χ4v) is 3.16. The van der Waals surface area contributed by atoms with Crippen molar-refractivity contribution in [2.45, 2.75) is 24.5 Å². The molecule has 1 aromatic carbocycles. The van der Waals surface area contributed by atoms with Crippen LogP contribution in [0.2, 0.25) is 10.3 Å². The third kappa shape index (κ3) is 2.46.